The van der Waals surface area contributed by atoms with E-state index in [4.69, 9.17) is 0 Å². The van der Waals surface area contributed by atoms with E-state index in [0.29, 0.717) is 32.5 Å². The number of hydrogen-bond donors (Lipinski definition) is 1. The van der Waals surface area contributed by atoms with Crippen molar-refractivity contribution in [3.05, 3.63) is 23.9 Å². The first-order valence-electron chi connectivity index (χ1n) is 10.2. The molecule has 1 aromatic rings. The fourth-order valence-corrected chi connectivity index (χ4v) is 3.66. The minimum Gasteiger partial charge on any atom is -0.468 e. The second-order valence-corrected chi connectivity index (χ2v) is 8.98. The van der Waals surface area contributed by atoms with Gasteiger partial charge in [0.1, 0.15) is 0 Å². The van der Waals surface area contributed by atoms with Gasteiger partial charge in [-0.25, -0.2) is 4.98 Å². The molecule has 1 N–H and O–H groups in total. The highest BCUT2D eigenvalue weighted by Gasteiger charge is 2.30. The normalized spacial score (nSPS) is 15.8. The Hall–Kier alpha value is -2.36. The Labute approximate surface area is 180 Å². The fraction of sp³-hybridized carbons (Fsp3) is 0.667. The van der Waals surface area contributed by atoms with Gasteiger partial charge in [0.2, 0.25) is 11.8 Å². The lowest BCUT2D eigenvalue weighted by Gasteiger charge is -2.33. The zero-order chi connectivity index (χ0) is 23.2. The van der Waals surface area contributed by atoms with Crippen LogP contribution in [0, 0.1) is 11.3 Å². The summed E-state index contributed by atoms with van der Waals surface area (Å²) in [7, 11) is 3.99. The number of alkyl halides is 3. The van der Waals surface area contributed by atoms with Gasteiger partial charge in [0, 0.05) is 44.4 Å². The smallest absolute Gasteiger partial charge is 0.422 e. The summed E-state index contributed by atoms with van der Waals surface area (Å²) in [5, 5.41) is 3.03. The van der Waals surface area contributed by atoms with Gasteiger partial charge in [-0.3, -0.25) is 9.59 Å². The SMILES string of the molecule is CN(C)CC(C)(C)CNC(=O)C1CCN(C(=O)c2ccc(OCC(F)(F)F)nc2)CC1. The maximum Gasteiger partial charge on any atom is 0.422 e. The predicted octanol–water partition coefficient (Wildman–Crippen LogP) is 2.58. The number of likely N-dealkylation sites (tertiary alicyclic amines) is 1. The van der Waals surface area contributed by atoms with E-state index in [2.05, 4.69) is 33.8 Å². The molecule has 0 unspecified atom stereocenters. The summed E-state index contributed by atoms with van der Waals surface area (Å²) < 4.78 is 41.1. The van der Waals surface area contributed by atoms with E-state index in [0.717, 1.165) is 6.54 Å². The second-order valence-electron chi connectivity index (χ2n) is 8.98. The van der Waals surface area contributed by atoms with Gasteiger partial charge in [-0.2, -0.15) is 13.2 Å². The number of ether oxygens (including phenoxy) is 1. The Balaban J connectivity index is 1.81. The molecule has 0 spiro atoms. The highest BCUT2D eigenvalue weighted by molar-refractivity contribution is 5.94. The van der Waals surface area contributed by atoms with Crippen molar-refractivity contribution in [3.8, 4) is 5.88 Å². The fourth-order valence-electron chi connectivity index (χ4n) is 3.66. The maximum absolute atomic E-state index is 12.6. The Morgan fingerprint density at radius 3 is 2.39 bits per heavy atom. The quantitative estimate of drug-likeness (QED) is 0.667. The predicted molar refractivity (Wildman–Crippen MR) is 110 cm³/mol. The van der Waals surface area contributed by atoms with Crippen molar-refractivity contribution in [1.82, 2.24) is 20.1 Å². The Morgan fingerprint density at radius 1 is 1.23 bits per heavy atom. The number of hydrogen-bond acceptors (Lipinski definition) is 5. The molecule has 2 rings (SSSR count). The lowest BCUT2D eigenvalue weighted by atomic mass is 9.91. The van der Waals surface area contributed by atoms with E-state index in [1.165, 1.54) is 18.3 Å². The Morgan fingerprint density at radius 2 is 1.87 bits per heavy atom. The minimum atomic E-state index is -4.45. The van der Waals surface area contributed by atoms with Crippen LogP contribution >= 0.6 is 0 Å². The molecule has 174 valence electrons. The van der Waals surface area contributed by atoms with Crippen LogP contribution in [0.25, 0.3) is 0 Å². The van der Waals surface area contributed by atoms with Gasteiger partial charge in [0.15, 0.2) is 6.61 Å². The molecule has 1 aromatic heterocycles. The van der Waals surface area contributed by atoms with Crippen LogP contribution in [0.4, 0.5) is 13.2 Å². The molecule has 0 bridgehead atoms. The van der Waals surface area contributed by atoms with Gasteiger partial charge < -0.3 is 19.9 Å². The summed E-state index contributed by atoms with van der Waals surface area (Å²) in [5.41, 5.74) is 0.228. The molecule has 1 saturated heterocycles. The van der Waals surface area contributed by atoms with Gasteiger partial charge in [0.05, 0.1) is 5.56 Å². The van der Waals surface area contributed by atoms with E-state index in [9.17, 15) is 22.8 Å². The monoisotopic (exact) mass is 444 g/mol. The molecule has 0 radical (unpaired) electrons. The van der Waals surface area contributed by atoms with Crippen molar-refractivity contribution in [1.29, 1.82) is 0 Å². The average molecular weight is 444 g/mol. The van der Waals surface area contributed by atoms with Crippen LogP contribution in [0.3, 0.4) is 0 Å². The van der Waals surface area contributed by atoms with Crippen LogP contribution in [0.5, 0.6) is 5.88 Å². The van der Waals surface area contributed by atoms with Gasteiger partial charge in [-0.15, -0.1) is 0 Å². The van der Waals surface area contributed by atoms with Crippen LogP contribution in [-0.2, 0) is 4.79 Å². The van der Waals surface area contributed by atoms with Crippen molar-refractivity contribution >= 4 is 11.8 Å². The molecule has 1 fully saturated rings. The molecule has 7 nitrogen and oxygen atoms in total. The average Bonchev–Trinajstić information content (AvgIpc) is 2.69. The van der Waals surface area contributed by atoms with E-state index < -0.39 is 12.8 Å². The van der Waals surface area contributed by atoms with Crippen molar-refractivity contribution in [3.63, 3.8) is 0 Å². The number of pyridine rings is 1. The molecular weight excluding hydrogens is 413 g/mol. The van der Waals surface area contributed by atoms with Crippen LogP contribution in [0.15, 0.2) is 18.3 Å². The third kappa shape index (κ3) is 8.35. The Kier molecular flexibility index (Phi) is 8.27. The Bertz CT molecular complexity index is 743. The van der Waals surface area contributed by atoms with E-state index in [1.54, 1.807) is 4.90 Å². The zero-order valence-electron chi connectivity index (χ0n) is 18.5. The van der Waals surface area contributed by atoms with Gasteiger partial charge >= 0.3 is 6.18 Å². The number of halogens is 3. The van der Waals surface area contributed by atoms with Crippen molar-refractivity contribution in [2.45, 2.75) is 32.9 Å². The molecular formula is C21H31F3N4O3. The number of carbonyl (C=O) groups excluding carboxylic acids is 2. The third-order valence-electron chi connectivity index (χ3n) is 5.01. The number of carbonyl (C=O) groups is 2. The molecule has 0 saturated carbocycles. The lowest BCUT2D eigenvalue weighted by molar-refractivity contribution is -0.154. The first kappa shape index (κ1) is 24.9. The summed E-state index contributed by atoms with van der Waals surface area (Å²) in [5.74, 6) is -0.593. The molecule has 0 aromatic carbocycles. The molecule has 0 atom stereocenters. The van der Waals surface area contributed by atoms with Crippen LogP contribution in [0.1, 0.15) is 37.0 Å². The first-order valence-corrected chi connectivity index (χ1v) is 10.2. The van der Waals surface area contributed by atoms with Crippen molar-refractivity contribution in [2.24, 2.45) is 11.3 Å². The number of amides is 2. The molecule has 1 aliphatic rings. The van der Waals surface area contributed by atoms with Crippen LogP contribution in [-0.4, -0.2) is 79.7 Å². The summed E-state index contributed by atoms with van der Waals surface area (Å²) in [6, 6.07) is 2.64. The summed E-state index contributed by atoms with van der Waals surface area (Å²) in [6.45, 7) is 5.07. The number of nitrogens with one attached hydrogen (secondary N) is 1. The summed E-state index contributed by atoms with van der Waals surface area (Å²) >= 11 is 0. The maximum atomic E-state index is 12.6. The molecule has 2 amide bonds. The van der Waals surface area contributed by atoms with Gasteiger partial charge in [-0.1, -0.05) is 13.8 Å². The highest BCUT2D eigenvalue weighted by Crippen LogP contribution is 2.22. The van der Waals surface area contributed by atoms with E-state index in [-0.39, 0.29) is 34.6 Å². The molecule has 31 heavy (non-hydrogen) atoms. The van der Waals surface area contributed by atoms with Crippen molar-refractivity contribution in [2.75, 3.05) is 46.9 Å². The highest BCUT2D eigenvalue weighted by atomic mass is 19.4. The lowest BCUT2D eigenvalue weighted by Crippen LogP contribution is -2.46. The van der Waals surface area contributed by atoms with Crippen molar-refractivity contribution < 1.29 is 27.5 Å². The number of nitrogens with zero attached hydrogens (tertiary/aromatic N) is 3. The second kappa shape index (κ2) is 10.3. The van der Waals surface area contributed by atoms with E-state index >= 15 is 0 Å². The number of piperidine rings is 1. The zero-order valence-corrected chi connectivity index (χ0v) is 18.5. The van der Waals surface area contributed by atoms with Gasteiger partial charge in [0.25, 0.3) is 5.91 Å². The molecule has 0 aliphatic carbocycles. The summed E-state index contributed by atoms with van der Waals surface area (Å²) in [4.78, 5) is 32.6. The number of aromatic nitrogens is 1. The van der Waals surface area contributed by atoms with Crippen LogP contribution in [0.2, 0.25) is 0 Å². The molecule has 1 aliphatic heterocycles. The first-order chi connectivity index (χ1) is 14.4. The minimum absolute atomic E-state index is 0.00626. The standard InChI is InChI=1S/C21H31F3N4O3/c1-20(2,13-27(3)4)12-26-18(29)15-7-9-28(10-8-15)19(30)16-5-6-17(25-11-16)31-14-21(22,23)24/h5-6,11,15H,7-10,12-14H2,1-4H3,(H,26,29). The third-order valence-corrected chi connectivity index (χ3v) is 5.01. The molecule has 10 heteroatoms. The van der Waals surface area contributed by atoms with E-state index in [1.807, 2.05) is 14.1 Å². The van der Waals surface area contributed by atoms with Crippen LogP contribution < -0.4 is 10.1 Å². The largest absolute Gasteiger partial charge is 0.468 e. The topological polar surface area (TPSA) is 74.8 Å². The molecule has 2 heterocycles. The summed E-state index contributed by atoms with van der Waals surface area (Å²) in [6.07, 6.45) is -2.12. The number of rotatable bonds is 8. The van der Waals surface area contributed by atoms with Gasteiger partial charge in [-0.05, 0) is 38.4 Å².